The molecule has 0 unspecified atom stereocenters. The Morgan fingerprint density at radius 2 is 1.09 bits per heavy atom. The molecule has 5 aromatic carbocycles. The SMILES string of the molecule is CN(C)c1ccc(C2(c3ccc(N(C)C)cc3)c3ccccc3OC(=O)N2c2ccc(N(C)Cc3ccccc3)cc2)cc1. The molecule has 6 heteroatoms. The maximum atomic E-state index is 14.2. The normalized spacial score (nSPS) is 13.6. The Morgan fingerprint density at radius 3 is 1.64 bits per heavy atom. The fourth-order valence-corrected chi connectivity index (χ4v) is 6.09. The number of ether oxygens (including phenoxy) is 1. The second-order valence-corrected chi connectivity index (χ2v) is 11.7. The average molecular weight is 583 g/mol. The van der Waals surface area contributed by atoms with Gasteiger partial charge in [-0.15, -0.1) is 0 Å². The number of benzene rings is 5. The van der Waals surface area contributed by atoms with Crippen molar-refractivity contribution in [2.75, 3.05) is 54.8 Å². The molecule has 5 aromatic rings. The molecule has 6 rings (SSSR count). The molecule has 0 N–H and O–H groups in total. The van der Waals surface area contributed by atoms with Crippen molar-refractivity contribution < 1.29 is 9.53 Å². The average Bonchev–Trinajstić information content (AvgIpc) is 3.04. The van der Waals surface area contributed by atoms with E-state index in [9.17, 15) is 4.79 Å². The lowest BCUT2D eigenvalue weighted by Crippen LogP contribution is -2.55. The van der Waals surface area contributed by atoms with Crippen molar-refractivity contribution in [3.63, 3.8) is 0 Å². The zero-order chi connectivity index (χ0) is 30.8. The molecule has 222 valence electrons. The number of anilines is 4. The first-order valence-electron chi connectivity index (χ1n) is 14.8. The highest BCUT2D eigenvalue weighted by Crippen LogP contribution is 2.51. The summed E-state index contributed by atoms with van der Waals surface area (Å²) in [6, 6.07) is 43.4. The number of carbonyl (C=O) groups is 1. The number of hydrogen-bond donors (Lipinski definition) is 0. The predicted molar refractivity (Wildman–Crippen MR) is 181 cm³/mol. The quantitative estimate of drug-likeness (QED) is 0.187. The van der Waals surface area contributed by atoms with Crippen LogP contribution in [0.15, 0.2) is 127 Å². The van der Waals surface area contributed by atoms with Crippen molar-refractivity contribution >= 4 is 28.8 Å². The minimum atomic E-state index is -0.987. The van der Waals surface area contributed by atoms with Crippen LogP contribution in [-0.2, 0) is 12.1 Å². The first kappa shape index (κ1) is 28.9. The maximum absolute atomic E-state index is 14.2. The number of nitrogens with zero attached hydrogens (tertiary/aromatic N) is 4. The van der Waals surface area contributed by atoms with E-state index < -0.39 is 11.6 Å². The summed E-state index contributed by atoms with van der Waals surface area (Å²) in [5.41, 5.74) is 7.04. The predicted octanol–water partition coefficient (Wildman–Crippen LogP) is 7.77. The van der Waals surface area contributed by atoms with Crippen LogP contribution in [0.1, 0.15) is 22.3 Å². The van der Waals surface area contributed by atoms with Gasteiger partial charge in [-0.25, -0.2) is 4.79 Å². The summed E-state index contributed by atoms with van der Waals surface area (Å²) in [7, 11) is 10.2. The van der Waals surface area contributed by atoms with Crippen molar-refractivity contribution in [1.82, 2.24) is 0 Å². The fourth-order valence-electron chi connectivity index (χ4n) is 6.09. The van der Waals surface area contributed by atoms with Crippen LogP contribution in [-0.4, -0.2) is 41.3 Å². The highest BCUT2D eigenvalue weighted by atomic mass is 16.6. The van der Waals surface area contributed by atoms with Crippen LogP contribution < -0.4 is 24.3 Å². The van der Waals surface area contributed by atoms with Crippen molar-refractivity contribution in [1.29, 1.82) is 0 Å². The third-order valence-electron chi connectivity index (χ3n) is 8.41. The van der Waals surface area contributed by atoms with Crippen LogP contribution in [0.25, 0.3) is 0 Å². The highest BCUT2D eigenvalue weighted by Gasteiger charge is 2.51. The Bertz CT molecular complexity index is 1680. The van der Waals surface area contributed by atoms with Gasteiger partial charge in [0.05, 0.1) is 0 Å². The van der Waals surface area contributed by atoms with Crippen molar-refractivity contribution in [3.05, 3.63) is 150 Å². The number of rotatable bonds is 8. The number of amides is 1. The summed E-state index contributed by atoms with van der Waals surface area (Å²) >= 11 is 0. The molecular formula is C38H38N4O2. The van der Waals surface area contributed by atoms with E-state index in [4.69, 9.17) is 4.74 Å². The lowest BCUT2D eigenvalue weighted by Gasteiger charge is -2.48. The van der Waals surface area contributed by atoms with Gasteiger partial charge in [0.25, 0.3) is 0 Å². The Balaban J connectivity index is 1.54. The van der Waals surface area contributed by atoms with E-state index in [0.29, 0.717) is 5.75 Å². The Kier molecular flexibility index (Phi) is 7.75. The van der Waals surface area contributed by atoms with Crippen LogP contribution in [0.3, 0.4) is 0 Å². The first-order chi connectivity index (χ1) is 21.3. The molecule has 0 aliphatic carbocycles. The first-order valence-corrected chi connectivity index (χ1v) is 14.8. The molecule has 0 atom stereocenters. The summed E-state index contributed by atoms with van der Waals surface area (Å²) in [6.45, 7) is 0.777. The summed E-state index contributed by atoms with van der Waals surface area (Å²) in [5.74, 6) is 0.557. The fraction of sp³-hybridized carbons (Fsp3) is 0.184. The summed E-state index contributed by atoms with van der Waals surface area (Å²) in [4.78, 5) is 22.4. The molecule has 0 saturated heterocycles. The monoisotopic (exact) mass is 582 g/mol. The van der Waals surface area contributed by atoms with Gasteiger partial charge in [-0.05, 0) is 71.3 Å². The van der Waals surface area contributed by atoms with Gasteiger partial charge in [-0.1, -0.05) is 72.8 Å². The molecule has 0 fully saturated rings. The summed E-state index contributed by atoms with van der Waals surface area (Å²) in [5, 5.41) is 0. The van der Waals surface area contributed by atoms with Gasteiger partial charge >= 0.3 is 6.09 Å². The van der Waals surface area contributed by atoms with E-state index in [-0.39, 0.29) is 0 Å². The van der Waals surface area contributed by atoms with Gasteiger partial charge in [0.2, 0.25) is 0 Å². The molecule has 1 aliphatic rings. The summed E-state index contributed by atoms with van der Waals surface area (Å²) in [6.07, 6.45) is -0.428. The Hall–Kier alpha value is -5.23. The van der Waals surface area contributed by atoms with Gasteiger partial charge in [-0.3, -0.25) is 4.90 Å². The molecule has 6 nitrogen and oxygen atoms in total. The van der Waals surface area contributed by atoms with Crippen molar-refractivity contribution in [2.24, 2.45) is 0 Å². The molecule has 1 heterocycles. The number of hydrogen-bond acceptors (Lipinski definition) is 5. The zero-order valence-electron chi connectivity index (χ0n) is 25.9. The topological polar surface area (TPSA) is 39.3 Å². The Labute approximate surface area is 260 Å². The third-order valence-corrected chi connectivity index (χ3v) is 8.41. The van der Waals surface area contributed by atoms with E-state index in [1.165, 1.54) is 5.56 Å². The summed E-state index contributed by atoms with van der Waals surface area (Å²) < 4.78 is 6.04. The van der Waals surface area contributed by atoms with E-state index in [1.807, 2.05) is 69.5 Å². The van der Waals surface area contributed by atoms with Gasteiger partial charge < -0.3 is 19.4 Å². The van der Waals surface area contributed by atoms with Crippen LogP contribution in [0.4, 0.5) is 27.5 Å². The second-order valence-electron chi connectivity index (χ2n) is 11.7. The molecule has 1 amide bonds. The van der Waals surface area contributed by atoms with Gasteiger partial charge in [0, 0.05) is 70.1 Å². The van der Waals surface area contributed by atoms with Gasteiger partial charge in [-0.2, -0.15) is 0 Å². The zero-order valence-corrected chi connectivity index (χ0v) is 25.9. The Morgan fingerprint density at radius 1 is 0.591 bits per heavy atom. The minimum Gasteiger partial charge on any atom is -0.410 e. The van der Waals surface area contributed by atoms with Crippen LogP contribution in [0.5, 0.6) is 5.75 Å². The molecular weight excluding hydrogens is 544 g/mol. The number of para-hydroxylation sites is 1. The standard InChI is InChI=1S/C38H38N4O2/c1-39(2)31-19-15-29(16-20-31)38(30-17-21-32(22-18-30)40(3)4)35-13-9-10-14-36(35)44-37(43)42(38)34-25-23-33(24-26-34)41(5)27-28-11-7-6-8-12-28/h6-26H,27H2,1-5H3. The van der Waals surface area contributed by atoms with Crippen LogP contribution in [0, 0.1) is 0 Å². The highest BCUT2D eigenvalue weighted by molar-refractivity contribution is 5.96. The van der Waals surface area contributed by atoms with E-state index in [1.54, 1.807) is 0 Å². The van der Waals surface area contributed by atoms with Gasteiger partial charge in [0.1, 0.15) is 11.3 Å². The van der Waals surface area contributed by atoms with E-state index >= 15 is 0 Å². The largest absolute Gasteiger partial charge is 0.421 e. The second kappa shape index (κ2) is 11.8. The van der Waals surface area contributed by atoms with E-state index in [0.717, 1.165) is 46.0 Å². The van der Waals surface area contributed by atoms with Crippen molar-refractivity contribution in [3.8, 4) is 5.75 Å². The number of carbonyl (C=O) groups excluding carboxylic acids is 1. The molecule has 44 heavy (non-hydrogen) atoms. The molecule has 0 aromatic heterocycles. The molecule has 0 bridgehead atoms. The lowest BCUT2D eigenvalue weighted by molar-refractivity contribution is 0.195. The minimum absolute atomic E-state index is 0.428. The van der Waals surface area contributed by atoms with Crippen LogP contribution >= 0.6 is 0 Å². The molecule has 0 radical (unpaired) electrons. The maximum Gasteiger partial charge on any atom is 0.421 e. The van der Waals surface area contributed by atoms with E-state index in [2.05, 4.69) is 113 Å². The number of fused-ring (bicyclic) bond motifs is 1. The molecule has 1 aliphatic heterocycles. The molecule has 0 saturated carbocycles. The third kappa shape index (κ3) is 5.13. The van der Waals surface area contributed by atoms with Gasteiger partial charge in [0.15, 0.2) is 0 Å². The lowest BCUT2D eigenvalue weighted by atomic mass is 9.74. The van der Waals surface area contributed by atoms with Crippen molar-refractivity contribution in [2.45, 2.75) is 12.1 Å². The molecule has 0 spiro atoms. The smallest absolute Gasteiger partial charge is 0.410 e. The van der Waals surface area contributed by atoms with Crippen LogP contribution in [0.2, 0.25) is 0 Å².